The summed E-state index contributed by atoms with van der Waals surface area (Å²) < 4.78 is 85.2. The van der Waals surface area contributed by atoms with Crippen LogP contribution in [-0.4, -0.2) is 0 Å². The number of rotatable bonds is 6. The molecule has 0 aromatic heterocycles. The Bertz CT molecular complexity index is 1470. The third-order valence-corrected chi connectivity index (χ3v) is 6.00. The predicted molar refractivity (Wildman–Crippen MR) is 129 cm³/mol. The van der Waals surface area contributed by atoms with Crippen LogP contribution in [0.2, 0.25) is 0 Å². The van der Waals surface area contributed by atoms with Crippen LogP contribution in [0.15, 0.2) is 54.6 Å². The lowest BCUT2D eigenvalue weighted by molar-refractivity contribution is 0.453. The monoisotopic (exact) mass is 496 g/mol. The standard InChI is InChI=1S/C30H22F6/c1-2-3-4-5-6-18-7-9-20(24(31)13-18)10-8-19-14-25(32)28(26(33)15-19)21-11-12-23-22(16-21)17-27(34)30(36)29(23)35/h7,9,11-17H,2-6H2,1H3. The second kappa shape index (κ2) is 10.9. The zero-order chi connectivity index (χ0) is 25.8. The molecule has 6 heteroatoms. The van der Waals surface area contributed by atoms with Crippen molar-refractivity contribution in [3.8, 4) is 23.0 Å². The first-order valence-electron chi connectivity index (χ1n) is 11.7. The summed E-state index contributed by atoms with van der Waals surface area (Å²) in [5, 5.41) is -0.259. The minimum absolute atomic E-state index is 0.00302. The summed E-state index contributed by atoms with van der Waals surface area (Å²) >= 11 is 0. The second-order valence-corrected chi connectivity index (χ2v) is 8.61. The van der Waals surface area contributed by atoms with E-state index in [9.17, 15) is 26.3 Å². The Balaban J connectivity index is 1.59. The first kappa shape index (κ1) is 25.4. The lowest BCUT2D eigenvalue weighted by atomic mass is 9.98. The topological polar surface area (TPSA) is 0 Å². The molecule has 0 radical (unpaired) electrons. The van der Waals surface area contributed by atoms with Crippen LogP contribution in [0, 0.1) is 46.7 Å². The van der Waals surface area contributed by atoms with Crippen molar-refractivity contribution in [1.82, 2.24) is 0 Å². The van der Waals surface area contributed by atoms with Crippen molar-refractivity contribution >= 4 is 10.8 Å². The van der Waals surface area contributed by atoms with Gasteiger partial charge in [-0.1, -0.05) is 56.2 Å². The van der Waals surface area contributed by atoms with Crippen LogP contribution in [0.25, 0.3) is 21.9 Å². The fraction of sp³-hybridized carbons (Fsp3) is 0.200. The number of benzene rings is 4. The third kappa shape index (κ3) is 5.41. The number of unbranched alkanes of at least 4 members (excludes halogenated alkanes) is 3. The minimum Gasteiger partial charge on any atom is -0.206 e. The largest absolute Gasteiger partial charge is 0.206 e. The van der Waals surface area contributed by atoms with E-state index in [4.69, 9.17) is 0 Å². The van der Waals surface area contributed by atoms with Crippen molar-refractivity contribution in [3.63, 3.8) is 0 Å². The first-order valence-corrected chi connectivity index (χ1v) is 11.7. The van der Waals surface area contributed by atoms with Crippen LogP contribution in [0.5, 0.6) is 0 Å². The van der Waals surface area contributed by atoms with Gasteiger partial charge in [-0.05, 0) is 65.8 Å². The Morgan fingerprint density at radius 2 is 1.39 bits per heavy atom. The van der Waals surface area contributed by atoms with Gasteiger partial charge in [0.2, 0.25) is 0 Å². The summed E-state index contributed by atoms with van der Waals surface area (Å²) in [6.07, 6.45) is 5.08. The third-order valence-electron chi connectivity index (χ3n) is 6.00. The first-order chi connectivity index (χ1) is 17.3. The molecule has 0 heterocycles. The minimum atomic E-state index is -1.62. The molecule has 0 aliphatic heterocycles. The highest BCUT2D eigenvalue weighted by molar-refractivity contribution is 5.88. The molecule has 0 atom stereocenters. The zero-order valence-electron chi connectivity index (χ0n) is 19.5. The molecule has 0 bridgehead atoms. The fourth-order valence-electron chi connectivity index (χ4n) is 4.09. The van der Waals surface area contributed by atoms with Gasteiger partial charge in [-0.3, -0.25) is 0 Å². The molecular weight excluding hydrogens is 474 g/mol. The molecule has 0 nitrogen and oxygen atoms in total. The normalized spacial score (nSPS) is 11.0. The van der Waals surface area contributed by atoms with E-state index in [-0.39, 0.29) is 27.5 Å². The Hall–Kier alpha value is -3.72. The molecule has 4 aromatic carbocycles. The Labute approximate surface area is 205 Å². The van der Waals surface area contributed by atoms with Crippen molar-refractivity contribution < 1.29 is 26.3 Å². The van der Waals surface area contributed by atoms with E-state index in [0.717, 1.165) is 61.9 Å². The summed E-state index contributed by atoms with van der Waals surface area (Å²) in [5.41, 5.74) is 0.572. The van der Waals surface area contributed by atoms with E-state index in [1.165, 1.54) is 18.2 Å². The Morgan fingerprint density at radius 3 is 2.08 bits per heavy atom. The molecule has 4 rings (SSSR count). The lowest BCUT2D eigenvalue weighted by Gasteiger charge is -2.09. The highest BCUT2D eigenvalue weighted by Gasteiger charge is 2.17. The highest BCUT2D eigenvalue weighted by Crippen LogP contribution is 2.32. The summed E-state index contributed by atoms with van der Waals surface area (Å²) in [7, 11) is 0. The lowest BCUT2D eigenvalue weighted by Crippen LogP contribution is -1.95. The molecule has 0 saturated heterocycles. The predicted octanol–water partition coefficient (Wildman–Crippen LogP) is 8.86. The summed E-state index contributed by atoms with van der Waals surface area (Å²) in [6.45, 7) is 2.12. The molecule has 36 heavy (non-hydrogen) atoms. The van der Waals surface area contributed by atoms with E-state index < -0.39 is 40.5 Å². The van der Waals surface area contributed by atoms with Crippen molar-refractivity contribution in [2.75, 3.05) is 0 Å². The molecule has 0 saturated carbocycles. The molecule has 184 valence electrons. The van der Waals surface area contributed by atoms with Crippen molar-refractivity contribution in [3.05, 3.63) is 106 Å². The van der Waals surface area contributed by atoms with Crippen LogP contribution in [0.3, 0.4) is 0 Å². The van der Waals surface area contributed by atoms with Gasteiger partial charge in [0.15, 0.2) is 17.5 Å². The van der Waals surface area contributed by atoms with Gasteiger partial charge in [0, 0.05) is 10.9 Å². The van der Waals surface area contributed by atoms with Crippen LogP contribution in [-0.2, 0) is 6.42 Å². The number of halogens is 6. The maximum Gasteiger partial charge on any atom is 0.195 e. The SMILES string of the molecule is CCCCCCc1ccc(C#Cc2cc(F)c(-c3ccc4c(F)c(F)c(F)cc4c3)c(F)c2)c(F)c1. The van der Waals surface area contributed by atoms with Crippen LogP contribution in [0.4, 0.5) is 26.3 Å². The molecule has 0 spiro atoms. The van der Waals surface area contributed by atoms with Gasteiger partial charge in [-0.25, -0.2) is 26.3 Å². The Morgan fingerprint density at radius 1 is 0.639 bits per heavy atom. The van der Waals surface area contributed by atoms with Gasteiger partial charge in [0.1, 0.15) is 17.5 Å². The van der Waals surface area contributed by atoms with Gasteiger partial charge in [-0.2, -0.15) is 0 Å². The average Bonchev–Trinajstić information content (AvgIpc) is 2.84. The molecule has 0 aliphatic carbocycles. The van der Waals surface area contributed by atoms with Crippen molar-refractivity contribution in [2.24, 2.45) is 0 Å². The van der Waals surface area contributed by atoms with Gasteiger partial charge in [0.05, 0.1) is 11.1 Å². The molecule has 0 N–H and O–H groups in total. The van der Waals surface area contributed by atoms with Crippen molar-refractivity contribution in [2.45, 2.75) is 39.0 Å². The van der Waals surface area contributed by atoms with Crippen molar-refractivity contribution in [1.29, 1.82) is 0 Å². The molecule has 0 amide bonds. The maximum absolute atomic E-state index is 14.9. The highest BCUT2D eigenvalue weighted by atomic mass is 19.2. The smallest absolute Gasteiger partial charge is 0.195 e. The quantitative estimate of drug-likeness (QED) is 0.108. The fourth-order valence-corrected chi connectivity index (χ4v) is 4.09. The van der Waals surface area contributed by atoms with E-state index in [0.29, 0.717) is 0 Å². The molecule has 0 aliphatic rings. The zero-order valence-corrected chi connectivity index (χ0v) is 19.5. The average molecular weight is 496 g/mol. The maximum atomic E-state index is 14.9. The van der Waals surface area contributed by atoms with E-state index in [1.54, 1.807) is 12.1 Å². The van der Waals surface area contributed by atoms with E-state index >= 15 is 0 Å². The molecule has 4 aromatic rings. The van der Waals surface area contributed by atoms with Gasteiger partial charge in [0.25, 0.3) is 0 Å². The molecular formula is C30H22F6. The number of aryl methyl sites for hydroxylation is 1. The summed E-state index contributed by atoms with van der Waals surface area (Å²) in [5.74, 6) is -1.61. The Kier molecular flexibility index (Phi) is 7.69. The number of hydrogen-bond donors (Lipinski definition) is 0. The number of hydrogen-bond acceptors (Lipinski definition) is 0. The van der Waals surface area contributed by atoms with Crippen LogP contribution < -0.4 is 0 Å². The summed E-state index contributed by atoms with van der Waals surface area (Å²) in [4.78, 5) is 0. The van der Waals surface area contributed by atoms with Crippen LogP contribution in [0.1, 0.15) is 49.3 Å². The van der Waals surface area contributed by atoms with Gasteiger partial charge in [-0.15, -0.1) is 0 Å². The van der Waals surface area contributed by atoms with Gasteiger partial charge >= 0.3 is 0 Å². The van der Waals surface area contributed by atoms with E-state index in [2.05, 4.69) is 18.8 Å². The number of fused-ring (bicyclic) bond motifs is 1. The summed E-state index contributed by atoms with van der Waals surface area (Å²) in [6, 6.07) is 11.1. The van der Waals surface area contributed by atoms with Gasteiger partial charge < -0.3 is 0 Å². The van der Waals surface area contributed by atoms with E-state index in [1.807, 2.05) is 0 Å². The molecule has 0 fully saturated rings. The second-order valence-electron chi connectivity index (χ2n) is 8.61. The van der Waals surface area contributed by atoms with Crippen LogP contribution >= 0.6 is 0 Å². The molecule has 0 unspecified atom stereocenters.